The number of allylic oxidation sites excluding steroid dienone is 2. The molecule has 34 heavy (non-hydrogen) atoms. The van der Waals surface area contributed by atoms with Crippen LogP contribution in [0.5, 0.6) is 11.5 Å². The van der Waals surface area contributed by atoms with Gasteiger partial charge in [-0.15, -0.1) is 5.10 Å². The molecule has 1 N–H and O–H groups in total. The fourth-order valence-corrected chi connectivity index (χ4v) is 4.25. The quantitative estimate of drug-likeness (QED) is 0.280. The van der Waals surface area contributed by atoms with Gasteiger partial charge in [0.1, 0.15) is 5.76 Å². The third-order valence-corrected chi connectivity index (χ3v) is 5.89. The molecule has 7 nitrogen and oxygen atoms in total. The van der Waals surface area contributed by atoms with Crippen LogP contribution in [0.3, 0.4) is 0 Å². The second-order valence-corrected chi connectivity index (χ2v) is 8.45. The summed E-state index contributed by atoms with van der Waals surface area (Å²) in [4.78, 5) is 15.3. The number of amides is 1. The lowest BCUT2D eigenvalue weighted by Crippen LogP contribution is -2.28. The lowest BCUT2D eigenvalue weighted by atomic mass is 10.1. The number of hydrogen-bond donors (Lipinski definition) is 1. The Bertz CT molecular complexity index is 1280. The number of thioether (sulfide) groups is 1. The summed E-state index contributed by atoms with van der Waals surface area (Å²) < 4.78 is 10.6. The van der Waals surface area contributed by atoms with Crippen LogP contribution in [0.15, 0.2) is 98.1 Å². The van der Waals surface area contributed by atoms with Crippen molar-refractivity contribution in [3.63, 3.8) is 0 Å². The fourth-order valence-electron chi connectivity index (χ4n) is 3.26. The molecule has 4 rings (SSSR count). The molecule has 0 aliphatic carbocycles. The highest BCUT2D eigenvalue weighted by molar-refractivity contribution is 8.18. The fraction of sp³-hybridized carbons (Fsp3) is 0.115. The first-order chi connectivity index (χ1) is 16.5. The van der Waals surface area contributed by atoms with Crippen molar-refractivity contribution in [2.45, 2.75) is 13.5 Å². The van der Waals surface area contributed by atoms with Crippen molar-refractivity contribution < 1.29 is 19.1 Å². The number of hydrogen-bond acceptors (Lipinski definition) is 7. The van der Waals surface area contributed by atoms with Crippen LogP contribution < -0.4 is 4.74 Å². The Morgan fingerprint density at radius 3 is 2.71 bits per heavy atom. The molecule has 0 saturated carbocycles. The van der Waals surface area contributed by atoms with Gasteiger partial charge in [-0.3, -0.25) is 9.69 Å². The van der Waals surface area contributed by atoms with Gasteiger partial charge >= 0.3 is 0 Å². The summed E-state index contributed by atoms with van der Waals surface area (Å²) >= 11 is 1.26. The molecule has 0 unspecified atom stereocenters. The van der Waals surface area contributed by atoms with Crippen molar-refractivity contribution in [1.82, 2.24) is 4.90 Å². The first-order valence-corrected chi connectivity index (χ1v) is 11.3. The van der Waals surface area contributed by atoms with Gasteiger partial charge in [-0.2, -0.15) is 5.10 Å². The van der Waals surface area contributed by atoms with E-state index in [-0.39, 0.29) is 18.2 Å². The first kappa shape index (κ1) is 23.1. The van der Waals surface area contributed by atoms with Crippen LogP contribution in [0, 0.1) is 0 Å². The van der Waals surface area contributed by atoms with E-state index in [9.17, 15) is 9.90 Å². The van der Waals surface area contributed by atoms with Crippen LogP contribution in [-0.2, 0) is 11.3 Å². The van der Waals surface area contributed by atoms with Crippen molar-refractivity contribution in [2.75, 3.05) is 7.11 Å². The van der Waals surface area contributed by atoms with Crippen molar-refractivity contribution in [1.29, 1.82) is 0 Å². The average Bonchev–Trinajstić information content (AvgIpc) is 3.45. The zero-order valence-electron chi connectivity index (χ0n) is 18.7. The maximum absolute atomic E-state index is 13.2. The zero-order chi connectivity index (χ0) is 23.9. The summed E-state index contributed by atoms with van der Waals surface area (Å²) in [5, 5.41) is 18.7. The molecule has 0 atom stereocenters. The molecule has 1 aliphatic rings. The molecule has 2 aromatic carbocycles. The van der Waals surface area contributed by atoms with E-state index < -0.39 is 0 Å². The van der Waals surface area contributed by atoms with Crippen molar-refractivity contribution in [3.05, 3.63) is 100 Å². The molecule has 2 heterocycles. The molecule has 1 aromatic heterocycles. The van der Waals surface area contributed by atoms with E-state index in [0.29, 0.717) is 27.1 Å². The minimum absolute atomic E-state index is 0.0428. The van der Waals surface area contributed by atoms with E-state index in [1.54, 1.807) is 29.4 Å². The van der Waals surface area contributed by atoms with E-state index in [1.807, 2.05) is 55.5 Å². The van der Waals surface area contributed by atoms with Gasteiger partial charge in [0.05, 0.1) is 31.0 Å². The Balaban J connectivity index is 1.60. The van der Waals surface area contributed by atoms with Gasteiger partial charge in [-0.25, -0.2) is 0 Å². The van der Waals surface area contributed by atoms with Gasteiger partial charge in [-0.05, 0) is 71.8 Å². The molecule has 172 valence electrons. The zero-order valence-corrected chi connectivity index (χ0v) is 19.5. The maximum atomic E-state index is 13.2. The Labute approximate surface area is 201 Å². The molecular weight excluding hydrogens is 450 g/mol. The predicted molar refractivity (Wildman–Crippen MR) is 135 cm³/mol. The van der Waals surface area contributed by atoms with Crippen LogP contribution in [-0.4, -0.2) is 34.4 Å². The molecular formula is C26H23N3O4S. The number of nitrogens with zero attached hydrogens (tertiary/aromatic N) is 3. The predicted octanol–water partition coefficient (Wildman–Crippen LogP) is 5.45. The van der Waals surface area contributed by atoms with Crippen LogP contribution in [0.1, 0.15) is 23.8 Å². The number of ether oxygens (including phenoxy) is 1. The minimum Gasteiger partial charge on any atom is -0.504 e. The molecule has 1 amide bonds. The molecule has 0 radical (unpaired) electrons. The largest absolute Gasteiger partial charge is 0.504 e. The third-order valence-electron chi connectivity index (χ3n) is 4.89. The van der Waals surface area contributed by atoms with Gasteiger partial charge in [0.15, 0.2) is 16.7 Å². The Morgan fingerprint density at radius 1 is 1.15 bits per heavy atom. The maximum Gasteiger partial charge on any atom is 0.267 e. The topological polar surface area (TPSA) is 87.6 Å². The van der Waals surface area contributed by atoms with Gasteiger partial charge in [0.2, 0.25) is 0 Å². The summed E-state index contributed by atoms with van der Waals surface area (Å²) in [5.41, 5.74) is 2.70. The van der Waals surface area contributed by atoms with Crippen LogP contribution in [0.2, 0.25) is 0 Å². The smallest absolute Gasteiger partial charge is 0.267 e. The minimum atomic E-state index is -0.164. The molecule has 1 fully saturated rings. The van der Waals surface area contributed by atoms with E-state index in [1.165, 1.54) is 31.2 Å². The Hall–Kier alpha value is -4.04. The standard InChI is InChI=1S/C26H23N3O4S/c1-18(13-19-7-4-3-5-8-19)14-24-25(31)29(17-21-9-6-12-33-21)26(34-24)28-27-16-20-10-11-22(30)23(15-20)32-2/h3-16,30H,17H2,1-2H3/b18-13+,24-14-,27-16-,28-26+. The number of carbonyl (C=O) groups is 1. The molecule has 8 heteroatoms. The van der Waals surface area contributed by atoms with Crippen molar-refractivity contribution in [3.8, 4) is 11.5 Å². The normalized spacial score (nSPS) is 16.8. The summed E-state index contributed by atoms with van der Waals surface area (Å²) in [6, 6.07) is 18.4. The summed E-state index contributed by atoms with van der Waals surface area (Å²) in [6.45, 7) is 2.20. The summed E-state index contributed by atoms with van der Waals surface area (Å²) in [5.74, 6) is 0.864. The van der Waals surface area contributed by atoms with Gasteiger partial charge in [0, 0.05) is 0 Å². The van der Waals surface area contributed by atoms with E-state index >= 15 is 0 Å². The Morgan fingerprint density at radius 2 is 1.97 bits per heavy atom. The number of phenolic OH excluding ortho intramolecular Hbond substituents is 1. The summed E-state index contributed by atoms with van der Waals surface area (Å²) in [7, 11) is 1.48. The van der Waals surface area contributed by atoms with Gasteiger partial charge < -0.3 is 14.3 Å². The van der Waals surface area contributed by atoms with Crippen LogP contribution >= 0.6 is 11.8 Å². The molecule has 1 saturated heterocycles. The summed E-state index contributed by atoms with van der Waals surface area (Å²) in [6.07, 6.45) is 6.97. The monoisotopic (exact) mass is 473 g/mol. The number of rotatable bonds is 7. The number of benzene rings is 2. The van der Waals surface area contributed by atoms with Gasteiger partial charge in [0.25, 0.3) is 5.91 Å². The SMILES string of the molecule is COc1cc(/C=N\N=C2\S/C(=C\C(C)=C\c3ccccc3)C(=O)N2Cc2ccco2)ccc1O. The van der Waals surface area contributed by atoms with Crippen molar-refractivity contribution >= 4 is 35.1 Å². The van der Waals surface area contributed by atoms with Crippen LogP contribution in [0.25, 0.3) is 6.08 Å². The molecule has 0 spiro atoms. The lowest BCUT2D eigenvalue weighted by Gasteiger charge is -2.12. The molecule has 1 aliphatic heterocycles. The lowest BCUT2D eigenvalue weighted by molar-refractivity contribution is -0.122. The second-order valence-electron chi connectivity index (χ2n) is 7.44. The Kier molecular flexibility index (Phi) is 7.29. The number of furan rings is 1. The third kappa shape index (κ3) is 5.65. The highest BCUT2D eigenvalue weighted by Gasteiger charge is 2.34. The number of aromatic hydroxyl groups is 1. The highest BCUT2D eigenvalue weighted by Crippen LogP contribution is 2.33. The van der Waals surface area contributed by atoms with E-state index in [0.717, 1.165) is 11.1 Å². The van der Waals surface area contributed by atoms with Gasteiger partial charge in [-0.1, -0.05) is 36.4 Å². The van der Waals surface area contributed by atoms with Crippen molar-refractivity contribution in [2.24, 2.45) is 10.2 Å². The number of methoxy groups -OCH3 is 1. The molecule has 3 aromatic rings. The number of carbonyl (C=O) groups excluding carboxylic acids is 1. The first-order valence-electron chi connectivity index (χ1n) is 10.5. The van der Waals surface area contributed by atoms with Crippen LogP contribution in [0.4, 0.5) is 0 Å². The van der Waals surface area contributed by atoms with E-state index in [4.69, 9.17) is 9.15 Å². The highest BCUT2D eigenvalue weighted by atomic mass is 32.2. The number of amidine groups is 1. The van der Waals surface area contributed by atoms with E-state index in [2.05, 4.69) is 10.2 Å². The second kappa shape index (κ2) is 10.7. The number of phenols is 1. The molecule has 0 bridgehead atoms. The average molecular weight is 474 g/mol.